The molecule has 0 atom stereocenters. The van der Waals surface area contributed by atoms with Crippen molar-refractivity contribution in [1.82, 2.24) is 9.47 Å². The zero-order valence-corrected chi connectivity index (χ0v) is 12.1. The summed E-state index contributed by atoms with van der Waals surface area (Å²) in [4.78, 5) is 13.9. The van der Waals surface area contributed by atoms with Crippen LogP contribution in [0.25, 0.3) is 10.9 Å². The minimum atomic E-state index is -0.927. The lowest BCUT2D eigenvalue weighted by Crippen LogP contribution is -3.00. The third-order valence-corrected chi connectivity index (χ3v) is 2.59. The summed E-state index contributed by atoms with van der Waals surface area (Å²) >= 11 is 0. The third-order valence-electron chi connectivity index (χ3n) is 2.59. The summed E-state index contributed by atoms with van der Waals surface area (Å²) < 4.78 is 0.650. The van der Waals surface area contributed by atoms with Gasteiger partial charge in [0.25, 0.3) is 0 Å². The van der Waals surface area contributed by atoms with Gasteiger partial charge in [-0.25, -0.2) is 4.79 Å². The molecule has 5 heteroatoms. The number of nitrogens with one attached hydrogen (secondary N) is 1. The van der Waals surface area contributed by atoms with Gasteiger partial charge in [-0.05, 0) is 6.07 Å². The summed E-state index contributed by atoms with van der Waals surface area (Å²) in [5, 5.41) is 9.88. The molecule has 4 nitrogen and oxygen atoms in total. The number of fused-ring (bicyclic) bond motifs is 1. The Labute approximate surface area is 117 Å². The predicted octanol–water partition coefficient (Wildman–Crippen LogP) is -0.933. The highest BCUT2D eigenvalue weighted by Gasteiger charge is 2.18. The normalized spacial score (nSPS) is 11.2. The number of rotatable bonds is 2. The molecule has 0 saturated heterocycles. The Hall–Kier alpha value is -1.08. The maximum Gasteiger partial charge on any atom is 0.352 e. The van der Waals surface area contributed by atoms with Gasteiger partial charge in [-0.2, -0.15) is 0 Å². The summed E-state index contributed by atoms with van der Waals surface area (Å²) in [6.45, 7) is 0. The second-order valence-corrected chi connectivity index (χ2v) is 4.74. The van der Waals surface area contributed by atoms with Crippen molar-refractivity contribution < 1.29 is 33.9 Å². The lowest BCUT2D eigenvalue weighted by Gasteiger charge is -2.23. The summed E-state index contributed by atoms with van der Waals surface area (Å²) in [5.41, 5.74) is 2.20. The van der Waals surface area contributed by atoms with Crippen molar-refractivity contribution in [2.24, 2.45) is 0 Å². The second-order valence-electron chi connectivity index (χ2n) is 4.74. The molecule has 0 amide bonds. The molecule has 0 radical (unpaired) electrons. The smallest absolute Gasteiger partial charge is 0.352 e. The van der Waals surface area contributed by atoms with Gasteiger partial charge < -0.3 is 34.1 Å². The topological polar surface area (TPSA) is 53.1 Å². The molecule has 0 aliphatic carbocycles. The molecule has 2 N–H and O–H groups in total. The van der Waals surface area contributed by atoms with Crippen LogP contribution >= 0.6 is 0 Å². The number of nitrogens with zero attached hydrogens (tertiary/aromatic N) is 1. The minimum Gasteiger partial charge on any atom is -1.00 e. The van der Waals surface area contributed by atoms with Crippen LogP contribution in [0.2, 0.25) is 0 Å². The van der Waals surface area contributed by atoms with E-state index in [4.69, 9.17) is 5.11 Å². The number of aromatic amines is 1. The van der Waals surface area contributed by atoms with Crippen LogP contribution < -0.4 is 28.5 Å². The Morgan fingerprint density at radius 1 is 1.29 bits per heavy atom. The first-order valence-corrected chi connectivity index (χ1v) is 5.06. The molecular formula is C12H15IN2O2. The van der Waals surface area contributed by atoms with Crippen molar-refractivity contribution in [3.63, 3.8) is 0 Å². The monoisotopic (exact) mass is 346 g/mol. The lowest BCUT2D eigenvalue weighted by molar-refractivity contribution is -0.0000189. The molecular weight excluding hydrogens is 331 g/mol. The van der Waals surface area contributed by atoms with E-state index < -0.39 is 5.97 Å². The summed E-state index contributed by atoms with van der Waals surface area (Å²) in [5.74, 6) is -0.927. The van der Waals surface area contributed by atoms with E-state index in [-0.39, 0.29) is 29.7 Å². The minimum absolute atomic E-state index is 0. The number of halogens is 1. The third kappa shape index (κ3) is 2.61. The van der Waals surface area contributed by atoms with Crippen molar-refractivity contribution in [2.75, 3.05) is 21.1 Å². The van der Waals surface area contributed by atoms with E-state index in [1.54, 1.807) is 6.07 Å². The van der Waals surface area contributed by atoms with Crippen LogP contribution in [0.5, 0.6) is 0 Å². The molecule has 0 unspecified atom stereocenters. The lowest BCUT2D eigenvalue weighted by atomic mass is 10.2. The van der Waals surface area contributed by atoms with Gasteiger partial charge in [0.15, 0.2) is 5.69 Å². The van der Waals surface area contributed by atoms with Crippen LogP contribution in [-0.2, 0) is 0 Å². The first-order valence-electron chi connectivity index (χ1n) is 5.06. The van der Waals surface area contributed by atoms with Crippen molar-refractivity contribution in [2.45, 2.75) is 0 Å². The molecule has 0 saturated carbocycles. The molecule has 2 aromatic rings. The second kappa shape index (κ2) is 4.66. The van der Waals surface area contributed by atoms with Gasteiger partial charge in [-0.1, -0.05) is 12.1 Å². The Balaban J connectivity index is 0.00000144. The van der Waals surface area contributed by atoms with E-state index in [1.165, 1.54) is 0 Å². The fraction of sp³-hybridized carbons (Fsp3) is 0.250. The Kier molecular flexibility index (Phi) is 3.83. The Bertz CT molecular complexity index is 555. The number of para-hydroxylation sites is 1. The molecule has 0 bridgehead atoms. The quantitative estimate of drug-likeness (QED) is 0.545. The van der Waals surface area contributed by atoms with E-state index in [9.17, 15) is 4.79 Å². The Morgan fingerprint density at radius 2 is 1.94 bits per heavy atom. The standard InChI is InChI=1S/C12H14N2O2.HI/c1-14(2,3)10-6-4-5-8-7-9(12(15)16)13-11(8)10;/h4-7,13H,1-3H3;1H. The number of H-pyrrole nitrogens is 1. The fourth-order valence-electron chi connectivity index (χ4n) is 1.81. The van der Waals surface area contributed by atoms with Crippen molar-refractivity contribution in [3.8, 4) is 0 Å². The average Bonchev–Trinajstić information content (AvgIpc) is 2.58. The zero-order chi connectivity index (χ0) is 11.9. The molecule has 1 aromatic carbocycles. The molecule has 2 rings (SSSR count). The van der Waals surface area contributed by atoms with Crippen molar-refractivity contribution in [3.05, 3.63) is 30.0 Å². The average molecular weight is 346 g/mol. The van der Waals surface area contributed by atoms with Gasteiger partial charge in [0.2, 0.25) is 0 Å². The van der Waals surface area contributed by atoms with E-state index in [2.05, 4.69) is 26.1 Å². The molecule has 0 fully saturated rings. The van der Waals surface area contributed by atoms with Crippen LogP contribution in [0.1, 0.15) is 10.5 Å². The molecule has 0 aliphatic rings. The van der Waals surface area contributed by atoms with Crippen LogP contribution in [0.3, 0.4) is 0 Å². The van der Waals surface area contributed by atoms with Crippen LogP contribution in [0, 0.1) is 0 Å². The van der Waals surface area contributed by atoms with Gasteiger partial charge in [0, 0.05) is 11.5 Å². The first kappa shape index (κ1) is 14.0. The maximum absolute atomic E-state index is 10.9. The molecule has 92 valence electrons. The Morgan fingerprint density at radius 3 is 2.47 bits per heavy atom. The summed E-state index contributed by atoms with van der Waals surface area (Å²) in [7, 11) is 6.15. The number of carboxylic acids is 1. The molecule has 0 aliphatic heterocycles. The van der Waals surface area contributed by atoms with Gasteiger partial charge in [-0.15, -0.1) is 0 Å². The number of aromatic nitrogens is 1. The van der Waals surface area contributed by atoms with Crippen molar-refractivity contribution >= 4 is 22.6 Å². The number of hydrogen-bond donors (Lipinski definition) is 2. The largest absolute Gasteiger partial charge is 1.00 e. The highest BCUT2D eigenvalue weighted by atomic mass is 127. The maximum atomic E-state index is 10.9. The van der Waals surface area contributed by atoms with E-state index in [0.29, 0.717) is 4.48 Å². The fourth-order valence-corrected chi connectivity index (χ4v) is 1.81. The van der Waals surface area contributed by atoms with Gasteiger partial charge in [-0.3, -0.25) is 4.48 Å². The molecule has 17 heavy (non-hydrogen) atoms. The molecule has 1 heterocycles. The molecule has 1 aromatic heterocycles. The van der Waals surface area contributed by atoms with Crippen LogP contribution in [0.4, 0.5) is 5.69 Å². The SMILES string of the molecule is C[N+](C)(C)c1cccc2cc(C(=O)O)[nH]c12.[I-]. The number of quaternary nitrogens is 1. The number of carboxylic acid groups (broad SMARTS) is 1. The summed E-state index contributed by atoms with van der Waals surface area (Å²) in [6.07, 6.45) is 0. The van der Waals surface area contributed by atoms with Gasteiger partial charge in [0.05, 0.1) is 21.1 Å². The van der Waals surface area contributed by atoms with Crippen LogP contribution in [-0.4, -0.2) is 37.2 Å². The van der Waals surface area contributed by atoms with E-state index in [1.807, 2.05) is 18.2 Å². The molecule has 0 spiro atoms. The summed E-state index contributed by atoms with van der Waals surface area (Å²) in [6, 6.07) is 7.53. The van der Waals surface area contributed by atoms with Crippen molar-refractivity contribution in [1.29, 1.82) is 0 Å². The van der Waals surface area contributed by atoms with Gasteiger partial charge >= 0.3 is 5.97 Å². The highest BCUT2D eigenvalue weighted by molar-refractivity contribution is 5.98. The first-order chi connectivity index (χ1) is 7.39. The van der Waals surface area contributed by atoms with E-state index in [0.717, 1.165) is 16.6 Å². The van der Waals surface area contributed by atoms with Gasteiger partial charge in [0.1, 0.15) is 11.2 Å². The number of aromatic carboxylic acids is 1. The predicted molar refractivity (Wildman–Crippen MR) is 64.8 cm³/mol. The number of hydrogen-bond acceptors (Lipinski definition) is 1. The van der Waals surface area contributed by atoms with Crippen LogP contribution in [0.15, 0.2) is 24.3 Å². The zero-order valence-electron chi connectivity index (χ0n) is 9.99. The number of carbonyl (C=O) groups is 1. The number of benzene rings is 1. The highest BCUT2D eigenvalue weighted by Crippen LogP contribution is 2.28. The van der Waals surface area contributed by atoms with E-state index >= 15 is 0 Å².